The second kappa shape index (κ2) is 4.55. The van der Waals surface area contributed by atoms with Crippen LogP contribution in [0.25, 0.3) is 10.9 Å². The zero-order valence-corrected chi connectivity index (χ0v) is 11.3. The molecule has 0 aliphatic carbocycles. The number of halogens is 1. The van der Waals surface area contributed by atoms with Gasteiger partial charge in [0, 0.05) is 10.9 Å². The minimum atomic E-state index is 0.860. The molecule has 0 aliphatic heterocycles. The Morgan fingerprint density at radius 2 is 1.94 bits per heavy atom. The number of H-pyrrole nitrogens is 1. The third-order valence-corrected chi connectivity index (χ3v) is 3.73. The van der Waals surface area contributed by atoms with Gasteiger partial charge in [0.1, 0.15) is 9.63 Å². The smallest absolute Gasteiger partial charge is 0.107 e. The molecule has 1 aromatic carbocycles. The molecule has 4 heteroatoms. The molecule has 0 aliphatic rings. The molecule has 2 heterocycles. The van der Waals surface area contributed by atoms with Crippen LogP contribution in [0.2, 0.25) is 0 Å². The molecule has 2 nitrogen and oxygen atoms in total. The second-order valence-corrected chi connectivity index (χ2v) is 5.50. The van der Waals surface area contributed by atoms with Crippen molar-refractivity contribution >= 4 is 38.6 Å². The molecule has 0 bridgehead atoms. The van der Waals surface area contributed by atoms with Gasteiger partial charge in [-0.3, -0.25) is 0 Å². The Morgan fingerprint density at radius 3 is 2.76 bits per heavy atom. The van der Waals surface area contributed by atoms with Crippen LogP contribution in [0.5, 0.6) is 0 Å². The highest BCUT2D eigenvalue weighted by atomic mass is 79.9. The molecule has 17 heavy (non-hydrogen) atoms. The fraction of sp³-hybridized carbons (Fsp3) is 0. The number of nitrogens with zero attached hydrogens (tertiary/aromatic N) is 1. The van der Waals surface area contributed by atoms with E-state index in [1.54, 1.807) is 11.8 Å². The van der Waals surface area contributed by atoms with Crippen LogP contribution >= 0.6 is 27.7 Å². The standard InChI is InChI=1S/C13H9BrN2S/c14-11-6-3-7-12(16-11)17-13-8-9-4-1-2-5-10(9)15-13/h1-8,15H. The lowest BCUT2D eigenvalue weighted by Gasteiger charge is -1.97. The van der Waals surface area contributed by atoms with Crippen molar-refractivity contribution < 1.29 is 0 Å². The van der Waals surface area contributed by atoms with E-state index in [1.165, 1.54) is 5.39 Å². The lowest BCUT2D eigenvalue weighted by molar-refractivity contribution is 1.09. The van der Waals surface area contributed by atoms with Gasteiger partial charge in [0.15, 0.2) is 0 Å². The first-order valence-electron chi connectivity index (χ1n) is 5.19. The molecule has 3 rings (SSSR count). The summed E-state index contributed by atoms with van der Waals surface area (Å²) in [4.78, 5) is 7.77. The molecular formula is C13H9BrN2S. The van der Waals surface area contributed by atoms with Crippen LogP contribution in [0.4, 0.5) is 0 Å². The van der Waals surface area contributed by atoms with Crippen molar-refractivity contribution in [1.82, 2.24) is 9.97 Å². The molecule has 0 saturated heterocycles. The number of pyridine rings is 1. The van der Waals surface area contributed by atoms with Crippen LogP contribution in [0, 0.1) is 0 Å². The Balaban J connectivity index is 1.94. The maximum absolute atomic E-state index is 4.40. The van der Waals surface area contributed by atoms with E-state index in [1.807, 2.05) is 30.3 Å². The van der Waals surface area contributed by atoms with Crippen molar-refractivity contribution in [2.24, 2.45) is 0 Å². The first-order chi connectivity index (χ1) is 8.31. The highest BCUT2D eigenvalue weighted by Gasteiger charge is 2.03. The van der Waals surface area contributed by atoms with E-state index < -0.39 is 0 Å². The van der Waals surface area contributed by atoms with Gasteiger partial charge >= 0.3 is 0 Å². The molecule has 0 spiro atoms. The highest BCUT2D eigenvalue weighted by molar-refractivity contribution is 9.10. The number of para-hydroxylation sites is 1. The van der Waals surface area contributed by atoms with Gasteiger partial charge in [0.2, 0.25) is 0 Å². The van der Waals surface area contributed by atoms with Gasteiger partial charge in [-0.15, -0.1) is 0 Å². The first-order valence-corrected chi connectivity index (χ1v) is 6.80. The van der Waals surface area contributed by atoms with Crippen molar-refractivity contribution in [2.45, 2.75) is 10.1 Å². The van der Waals surface area contributed by atoms with Crippen LogP contribution in [0.3, 0.4) is 0 Å². The number of hydrogen-bond donors (Lipinski definition) is 1. The van der Waals surface area contributed by atoms with Gasteiger partial charge in [0.25, 0.3) is 0 Å². The highest BCUT2D eigenvalue weighted by Crippen LogP contribution is 2.29. The summed E-state index contributed by atoms with van der Waals surface area (Å²) in [5.41, 5.74) is 1.16. The van der Waals surface area contributed by atoms with Gasteiger partial charge < -0.3 is 4.98 Å². The summed E-state index contributed by atoms with van der Waals surface area (Å²) in [5, 5.41) is 3.31. The molecule has 0 unspecified atom stereocenters. The lowest BCUT2D eigenvalue weighted by atomic mass is 10.3. The van der Waals surface area contributed by atoms with E-state index in [2.05, 4.69) is 44.1 Å². The Morgan fingerprint density at radius 1 is 1.06 bits per heavy atom. The molecule has 3 aromatic rings. The number of aromatic amines is 1. The molecule has 84 valence electrons. The Hall–Kier alpha value is -1.26. The normalized spacial score (nSPS) is 10.9. The number of nitrogens with one attached hydrogen (secondary N) is 1. The number of hydrogen-bond acceptors (Lipinski definition) is 2. The summed E-state index contributed by atoms with van der Waals surface area (Å²) in [7, 11) is 0. The monoisotopic (exact) mass is 304 g/mol. The molecular weight excluding hydrogens is 296 g/mol. The Kier molecular flexibility index (Phi) is 2.91. The minimum absolute atomic E-state index is 0.860. The van der Waals surface area contributed by atoms with Crippen LogP contribution < -0.4 is 0 Å². The maximum atomic E-state index is 4.40. The summed E-state index contributed by atoms with van der Waals surface area (Å²) in [6.07, 6.45) is 0. The Labute approximate surface area is 112 Å². The zero-order chi connectivity index (χ0) is 11.7. The van der Waals surface area contributed by atoms with Crippen molar-refractivity contribution in [3.8, 4) is 0 Å². The van der Waals surface area contributed by atoms with E-state index in [0.29, 0.717) is 0 Å². The summed E-state index contributed by atoms with van der Waals surface area (Å²) < 4.78 is 0.860. The van der Waals surface area contributed by atoms with E-state index in [4.69, 9.17) is 0 Å². The van der Waals surface area contributed by atoms with Crippen molar-refractivity contribution in [3.05, 3.63) is 53.1 Å². The number of aromatic nitrogens is 2. The quantitative estimate of drug-likeness (QED) is 0.707. The topological polar surface area (TPSA) is 28.7 Å². The third kappa shape index (κ3) is 2.37. The minimum Gasteiger partial charge on any atom is -0.349 e. The number of fused-ring (bicyclic) bond motifs is 1. The summed E-state index contributed by atoms with van der Waals surface area (Å²) >= 11 is 5.01. The fourth-order valence-electron chi connectivity index (χ4n) is 1.66. The van der Waals surface area contributed by atoms with Crippen LogP contribution in [0.1, 0.15) is 0 Å². The summed E-state index contributed by atoms with van der Waals surface area (Å²) in [6, 6.07) is 16.3. The fourth-order valence-corrected chi connectivity index (χ4v) is 2.98. The number of benzene rings is 1. The molecule has 0 amide bonds. The van der Waals surface area contributed by atoms with Crippen molar-refractivity contribution in [3.63, 3.8) is 0 Å². The van der Waals surface area contributed by atoms with Crippen molar-refractivity contribution in [1.29, 1.82) is 0 Å². The molecule has 0 radical (unpaired) electrons. The van der Waals surface area contributed by atoms with E-state index in [0.717, 1.165) is 20.2 Å². The summed E-state index contributed by atoms with van der Waals surface area (Å²) in [5.74, 6) is 0. The number of rotatable bonds is 2. The molecule has 2 aromatic heterocycles. The van der Waals surface area contributed by atoms with Gasteiger partial charge in [-0.2, -0.15) is 0 Å². The predicted octanol–water partition coefficient (Wildman–Crippen LogP) is 4.48. The van der Waals surface area contributed by atoms with Gasteiger partial charge in [-0.05, 0) is 40.2 Å². The van der Waals surface area contributed by atoms with Gasteiger partial charge in [-0.1, -0.05) is 36.0 Å². The van der Waals surface area contributed by atoms with E-state index >= 15 is 0 Å². The zero-order valence-electron chi connectivity index (χ0n) is 8.85. The lowest BCUT2D eigenvalue weighted by Crippen LogP contribution is -1.79. The van der Waals surface area contributed by atoms with Crippen LogP contribution in [-0.4, -0.2) is 9.97 Å². The predicted molar refractivity (Wildman–Crippen MR) is 74.4 cm³/mol. The molecule has 1 N–H and O–H groups in total. The maximum Gasteiger partial charge on any atom is 0.107 e. The SMILES string of the molecule is Brc1cccc(Sc2cc3ccccc3[nH]2)n1. The Bertz CT molecular complexity index is 630. The average molecular weight is 305 g/mol. The summed E-state index contributed by atoms with van der Waals surface area (Å²) in [6.45, 7) is 0. The molecule has 0 saturated carbocycles. The third-order valence-electron chi connectivity index (χ3n) is 2.41. The molecule has 0 atom stereocenters. The van der Waals surface area contributed by atoms with Crippen LogP contribution in [0.15, 0.2) is 63.2 Å². The van der Waals surface area contributed by atoms with Crippen LogP contribution in [-0.2, 0) is 0 Å². The van der Waals surface area contributed by atoms with E-state index in [-0.39, 0.29) is 0 Å². The molecule has 0 fully saturated rings. The van der Waals surface area contributed by atoms with Gasteiger partial charge in [0.05, 0.1) is 5.03 Å². The van der Waals surface area contributed by atoms with Gasteiger partial charge in [-0.25, -0.2) is 4.98 Å². The average Bonchev–Trinajstić information content (AvgIpc) is 2.71. The van der Waals surface area contributed by atoms with Crippen molar-refractivity contribution in [2.75, 3.05) is 0 Å². The van der Waals surface area contributed by atoms with E-state index in [9.17, 15) is 0 Å². The largest absolute Gasteiger partial charge is 0.349 e. The second-order valence-electron chi connectivity index (χ2n) is 3.62. The first kappa shape index (κ1) is 10.9.